The molecule has 2 rings (SSSR count). The first-order valence-electron chi connectivity index (χ1n) is 8.84. The van der Waals surface area contributed by atoms with Gasteiger partial charge in [-0.1, -0.05) is 13.8 Å². The van der Waals surface area contributed by atoms with Crippen LogP contribution in [0, 0.1) is 5.41 Å². The lowest BCUT2D eigenvalue weighted by Gasteiger charge is -2.41. The predicted octanol–water partition coefficient (Wildman–Crippen LogP) is 2.66. The van der Waals surface area contributed by atoms with Gasteiger partial charge in [0.15, 0.2) is 0 Å². The maximum Gasteiger partial charge on any atom is 0.411 e. The fourth-order valence-electron chi connectivity index (χ4n) is 3.74. The number of carbonyl (C=O) groups excluding carboxylic acids is 2. The number of carbonyl (C=O) groups is 2. The molecule has 0 aliphatic carbocycles. The average Bonchev–Trinajstić information content (AvgIpc) is 2.89. The summed E-state index contributed by atoms with van der Waals surface area (Å²) in [5.41, 5.74) is -0.304. The Hall–Kier alpha value is -1.30. The summed E-state index contributed by atoms with van der Waals surface area (Å²) in [5.74, 6) is -0.361. The quantitative estimate of drug-likeness (QED) is 0.723. The summed E-state index contributed by atoms with van der Waals surface area (Å²) in [5, 5.41) is 0. The Morgan fingerprint density at radius 1 is 1.21 bits per heavy atom. The van der Waals surface area contributed by atoms with Gasteiger partial charge in [-0.2, -0.15) is 0 Å². The van der Waals surface area contributed by atoms with Crippen molar-refractivity contribution < 1.29 is 19.1 Å². The van der Waals surface area contributed by atoms with Gasteiger partial charge in [-0.3, -0.25) is 9.80 Å². The van der Waals surface area contributed by atoms with E-state index in [0.717, 1.165) is 19.5 Å². The topological polar surface area (TPSA) is 59.1 Å². The Bertz CT molecular complexity index is 484. The number of ether oxygens (including phenoxy) is 2. The van der Waals surface area contributed by atoms with Crippen molar-refractivity contribution in [2.45, 2.75) is 71.6 Å². The average molecular weight is 340 g/mol. The highest BCUT2D eigenvalue weighted by molar-refractivity contribution is 5.82. The zero-order valence-corrected chi connectivity index (χ0v) is 15.9. The molecule has 2 heterocycles. The molecule has 24 heavy (non-hydrogen) atoms. The lowest BCUT2D eigenvalue weighted by atomic mass is 9.83. The minimum atomic E-state index is -0.580. The van der Waals surface area contributed by atoms with E-state index in [9.17, 15) is 9.59 Å². The molecular weight excluding hydrogens is 308 g/mol. The zero-order valence-electron chi connectivity index (χ0n) is 15.9. The number of hydrogen-bond donors (Lipinski definition) is 0. The second-order valence-electron chi connectivity index (χ2n) is 8.80. The summed E-state index contributed by atoms with van der Waals surface area (Å²) in [6, 6.07) is -0.374. The zero-order chi connectivity index (χ0) is 18.1. The fraction of sp³-hybridized carbons (Fsp3) is 0.889. The summed E-state index contributed by atoms with van der Waals surface area (Å²) in [6.45, 7) is 12.6. The van der Waals surface area contributed by atoms with Crippen LogP contribution in [0.3, 0.4) is 0 Å². The van der Waals surface area contributed by atoms with E-state index in [1.165, 1.54) is 13.5 Å². The van der Waals surface area contributed by atoms with Crippen LogP contribution in [0.15, 0.2) is 0 Å². The third-order valence-electron chi connectivity index (χ3n) is 4.83. The van der Waals surface area contributed by atoms with Crippen molar-refractivity contribution in [1.82, 2.24) is 9.80 Å². The Morgan fingerprint density at radius 3 is 2.42 bits per heavy atom. The highest BCUT2D eigenvalue weighted by atomic mass is 16.6. The van der Waals surface area contributed by atoms with Gasteiger partial charge in [-0.15, -0.1) is 0 Å². The van der Waals surface area contributed by atoms with Crippen molar-refractivity contribution >= 4 is 12.1 Å². The summed E-state index contributed by atoms with van der Waals surface area (Å²) in [7, 11) is 1.37. The van der Waals surface area contributed by atoms with Crippen LogP contribution in [-0.2, 0) is 14.3 Å². The number of likely N-dealkylation sites (tertiary alicyclic amines) is 2. The molecule has 0 aromatic carbocycles. The molecular formula is C18H32N2O4. The molecule has 0 aromatic rings. The standard InChI is InChI=1S/C18H32N2O4/c1-17(2,3)24-16(22)20-11-13(10-14(20)15(21)23-6)19-9-7-8-18(4,5)12-19/h13-14H,7-12H2,1-6H3/t13-,14+/m1/s1. The molecule has 0 saturated carbocycles. The molecule has 1 amide bonds. The van der Waals surface area contributed by atoms with Gasteiger partial charge in [0.2, 0.25) is 0 Å². The van der Waals surface area contributed by atoms with Crippen LogP contribution in [0.5, 0.6) is 0 Å². The summed E-state index contributed by atoms with van der Waals surface area (Å²) < 4.78 is 10.4. The normalized spacial score (nSPS) is 27.8. The number of methoxy groups -OCH3 is 1. The molecule has 6 nitrogen and oxygen atoms in total. The van der Waals surface area contributed by atoms with Gasteiger partial charge in [0.1, 0.15) is 11.6 Å². The molecule has 0 N–H and O–H groups in total. The van der Waals surface area contributed by atoms with Crippen molar-refractivity contribution in [2.75, 3.05) is 26.7 Å². The van der Waals surface area contributed by atoms with E-state index in [1.54, 1.807) is 4.90 Å². The molecule has 2 fully saturated rings. The van der Waals surface area contributed by atoms with E-state index < -0.39 is 17.7 Å². The summed E-state index contributed by atoms with van der Waals surface area (Å²) in [6.07, 6.45) is 2.55. The van der Waals surface area contributed by atoms with Crippen molar-refractivity contribution in [3.05, 3.63) is 0 Å². The van der Waals surface area contributed by atoms with Crippen LogP contribution in [-0.4, -0.2) is 66.3 Å². The second kappa shape index (κ2) is 6.90. The Balaban J connectivity index is 2.12. The maximum absolute atomic E-state index is 12.5. The number of rotatable bonds is 2. The van der Waals surface area contributed by atoms with Gasteiger partial charge in [-0.25, -0.2) is 9.59 Å². The lowest BCUT2D eigenvalue weighted by molar-refractivity contribution is -0.145. The Labute approximate surface area is 145 Å². The Kier molecular flexibility index (Phi) is 5.47. The highest BCUT2D eigenvalue weighted by Crippen LogP contribution is 2.33. The largest absolute Gasteiger partial charge is 0.467 e. The van der Waals surface area contributed by atoms with Crippen LogP contribution in [0.4, 0.5) is 4.79 Å². The van der Waals surface area contributed by atoms with Crippen LogP contribution in [0.1, 0.15) is 53.9 Å². The van der Waals surface area contributed by atoms with E-state index in [2.05, 4.69) is 18.7 Å². The maximum atomic E-state index is 12.5. The van der Waals surface area contributed by atoms with Crippen molar-refractivity contribution in [3.63, 3.8) is 0 Å². The van der Waals surface area contributed by atoms with Crippen LogP contribution < -0.4 is 0 Å². The van der Waals surface area contributed by atoms with Gasteiger partial charge in [0.05, 0.1) is 7.11 Å². The monoisotopic (exact) mass is 340 g/mol. The fourth-order valence-corrected chi connectivity index (χ4v) is 3.74. The molecule has 2 aliphatic heterocycles. The number of nitrogens with zero attached hydrogens (tertiary/aromatic N) is 2. The molecule has 6 heteroatoms. The summed E-state index contributed by atoms with van der Waals surface area (Å²) >= 11 is 0. The molecule has 0 aromatic heterocycles. The van der Waals surface area contributed by atoms with Crippen LogP contribution >= 0.6 is 0 Å². The molecule has 2 saturated heterocycles. The lowest BCUT2D eigenvalue weighted by Crippen LogP contribution is -2.47. The SMILES string of the molecule is COC(=O)[C@@H]1C[C@@H](N2CCCC(C)(C)C2)CN1C(=O)OC(C)(C)C. The van der Waals surface area contributed by atoms with Crippen LogP contribution in [0.25, 0.3) is 0 Å². The molecule has 0 unspecified atom stereocenters. The molecule has 138 valence electrons. The first kappa shape index (κ1) is 19.0. The van der Waals surface area contributed by atoms with Gasteiger partial charge in [0.25, 0.3) is 0 Å². The third kappa shape index (κ3) is 4.62. The Morgan fingerprint density at radius 2 is 1.88 bits per heavy atom. The number of amides is 1. The van der Waals surface area contributed by atoms with Crippen molar-refractivity contribution in [3.8, 4) is 0 Å². The smallest absolute Gasteiger partial charge is 0.411 e. The molecule has 0 radical (unpaired) electrons. The molecule has 0 spiro atoms. The van der Waals surface area contributed by atoms with E-state index >= 15 is 0 Å². The van der Waals surface area contributed by atoms with E-state index in [4.69, 9.17) is 9.47 Å². The number of piperidine rings is 1. The summed E-state index contributed by atoms with van der Waals surface area (Å²) in [4.78, 5) is 28.7. The van der Waals surface area contributed by atoms with E-state index in [-0.39, 0.29) is 17.4 Å². The highest BCUT2D eigenvalue weighted by Gasteiger charge is 2.45. The van der Waals surface area contributed by atoms with Crippen molar-refractivity contribution in [1.29, 1.82) is 0 Å². The van der Waals surface area contributed by atoms with E-state index in [1.807, 2.05) is 20.8 Å². The second-order valence-corrected chi connectivity index (χ2v) is 8.80. The number of hydrogen-bond acceptors (Lipinski definition) is 5. The minimum Gasteiger partial charge on any atom is -0.467 e. The third-order valence-corrected chi connectivity index (χ3v) is 4.83. The first-order chi connectivity index (χ1) is 11.0. The van der Waals surface area contributed by atoms with Crippen molar-refractivity contribution in [2.24, 2.45) is 5.41 Å². The van der Waals surface area contributed by atoms with Gasteiger partial charge in [-0.05, 0) is 52.0 Å². The van der Waals surface area contributed by atoms with E-state index in [0.29, 0.717) is 13.0 Å². The predicted molar refractivity (Wildman–Crippen MR) is 91.7 cm³/mol. The van der Waals surface area contributed by atoms with Crippen LogP contribution in [0.2, 0.25) is 0 Å². The number of esters is 1. The molecule has 2 atom stereocenters. The minimum absolute atomic E-state index is 0.182. The van der Waals surface area contributed by atoms with Gasteiger partial charge < -0.3 is 9.47 Å². The molecule has 0 bridgehead atoms. The van der Waals surface area contributed by atoms with Gasteiger partial charge >= 0.3 is 12.1 Å². The first-order valence-corrected chi connectivity index (χ1v) is 8.84. The van der Waals surface area contributed by atoms with Gasteiger partial charge in [0, 0.05) is 19.1 Å². The molecule has 2 aliphatic rings.